The molecule has 0 aromatic carbocycles. The number of allylic oxidation sites excluding steroid dienone is 16. The molecule has 0 amide bonds. The molecular weight excluding hydrogens is 829 g/mol. The van der Waals surface area contributed by atoms with Gasteiger partial charge in [-0.3, -0.25) is 14.4 Å². The van der Waals surface area contributed by atoms with E-state index >= 15 is 0 Å². The predicted octanol–water partition coefficient (Wildman–Crippen LogP) is 18.5. The standard InChI is InChI=1S/C61H102O6/c1-4-7-10-13-16-19-22-25-28-30-31-32-34-36-39-42-45-48-51-54-60(63)66-57-58(56-65-59(62)53-50-47-44-41-38-35-27-24-21-18-15-12-9-6-3)67-61(64)55-52-49-46-43-40-37-33-29-26-23-20-17-14-11-8-5-2/h7,10,15-16,18-19,24-25,27-29,31-33,36,39,58H,4-6,8-9,11-14,17,20-23,26,30,34-35,37-38,40-57H2,1-3H3/b10-7-,18-15-,19-16-,27-24-,28-25-,32-31-,33-29-,39-36-. The van der Waals surface area contributed by atoms with Crippen molar-refractivity contribution in [2.24, 2.45) is 0 Å². The van der Waals surface area contributed by atoms with Gasteiger partial charge >= 0.3 is 17.9 Å². The Morgan fingerprint density at radius 1 is 0.313 bits per heavy atom. The first-order valence-corrected chi connectivity index (χ1v) is 27.7. The first-order chi connectivity index (χ1) is 33.0. The summed E-state index contributed by atoms with van der Waals surface area (Å²) in [6, 6.07) is 0. The molecule has 0 spiro atoms. The zero-order valence-electron chi connectivity index (χ0n) is 43.6. The van der Waals surface area contributed by atoms with Crippen LogP contribution in [-0.2, 0) is 28.6 Å². The highest BCUT2D eigenvalue weighted by Gasteiger charge is 2.19. The van der Waals surface area contributed by atoms with Gasteiger partial charge in [-0.25, -0.2) is 0 Å². The molecule has 0 aromatic rings. The van der Waals surface area contributed by atoms with Crippen molar-refractivity contribution in [1.29, 1.82) is 0 Å². The zero-order valence-corrected chi connectivity index (χ0v) is 43.6. The largest absolute Gasteiger partial charge is 0.462 e. The number of esters is 3. The third kappa shape index (κ3) is 53.2. The smallest absolute Gasteiger partial charge is 0.306 e. The van der Waals surface area contributed by atoms with Crippen LogP contribution in [0.25, 0.3) is 0 Å². The van der Waals surface area contributed by atoms with Crippen LogP contribution in [0, 0.1) is 0 Å². The Labute approximate surface area is 413 Å². The fraction of sp³-hybridized carbons (Fsp3) is 0.689. The van der Waals surface area contributed by atoms with Crippen molar-refractivity contribution in [2.45, 2.75) is 258 Å². The maximum atomic E-state index is 12.8. The molecule has 0 aliphatic carbocycles. The van der Waals surface area contributed by atoms with Crippen molar-refractivity contribution in [3.63, 3.8) is 0 Å². The first kappa shape index (κ1) is 63.3. The molecule has 0 rings (SSSR count). The number of carbonyl (C=O) groups excluding carboxylic acids is 3. The number of unbranched alkanes of at least 4 members (excludes halogenated alkanes) is 22. The summed E-state index contributed by atoms with van der Waals surface area (Å²) in [4.78, 5) is 38.1. The molecule has 1 atom stereocenters. The maximum Gasteiger partial charge on any atom is 0.306 e. The van der Waals surface area contributed by atoms with Crippen LogP contribution < -0.4 is 0 Å². The number of carbonyl (C=O) groups is 3. The Morgan fingerprint density at radius 2 is 0.597 bits per heavy atom. The van der Waals surface area contributed by atoms with Crippen LogP contribution in [0.3, 0.4) is 0 Å². The number of ether oxygens (including phenoxy) is 3. The third-order valence-corrected chi connectivity index (χ3v) is 11.5. The highest BCUT2D eigenvalue weighted by atomic mass is 16.6. The van der Waals surface area contributed by atoms with Gasteiger partial charge in [0.25, 0.3) is 0 Å². The molecule has 0 fully saturated rings. The van der Waals surface area contributed by atoms with Crippen LogP contribution in [0.2, 0.25) is 0 Å². The molecule has 0 aliphatic heterocycles. The van der Waals surface area contributed by atoms with Crippen LogP contribution in [-0.4, -0.2) is 37.2 Å². The Bertz CT molecular complexity index is 1350. The summed E-state index contributed by atoms with van der Waals surface area (Å²) < 4.78 is 16.8. The topological polar surface area (TPSA) is 78.9 Å². The van der Waals surface area contributed by atoms with Gasteiger partial charge in [-0.05, 0) is 116 Å². The van der Waals surface area contributed by atoms with Crippen molar-refractivity contribution in [2.75, 3.05) is 13.2 Å². The molecule has 1 unspecified atom stereocenters. The number of hydrogen-bond donors (Lipinski definition) is 0. The average molecular weight is 931 g/mol. The minimum absolute atomic E-state index is 0.0995. The van der Waals surface area contributed by atoms with Crippen LogP contribution in [0.1, 0.15) is 252 Å². The second kappa shape index (κ2) is 54.9. The van der Waals surface area contributed by atoms with E-state index < -0.39 is 6.10 Å². The lowest BCUT2D eigenvalue weighted by molar-refractivity contribution is -0.167. The average Bonchev–Trinajstić information content (AvgIpc) is 3.33. The molecule has 6 heteroatoms. The third-order valence-electron chi connectivity index (χ3n) is 11.5. The summed E-state index contributed by atoms with van der Waals surface area (Å²) in [5.41, 5.74) is 0. The molecule has 67 heavy (non-hydrogen) atoms. The van der Waals surface area contributed by atoms with Gasteiger partial charge in [0.15, 0.2) is 6.10 Å². The lowest BCUT2D eigenvalue weighted by atomic mass is 10.1. The van der Waals surface area contributed by atoms with Crippen molar-refractivity contribution in [3.05, 3.63) is 97.2 Å². The highest BCUT2D eigenvalue weighted by molar-refractivity contribution is 5.71. The van der Waals surface area contributed by atoms with Crippen LogP contribution in [0.4, 0.5) is 0 Å². The van der Waals surface area contributed by atoms with Gasteiger partial charge in [0.05, 0.1) is 0 Å². The Hall–Kier alpha value is -3.67. The summed E-state index contributed by atoms with van der Waals surface area (Å²) in [7, 11) is 0. The second-order valence-electron chi connectivity index (χ2n) is 18.1. The van der Waals surface area contributed by atoms with Crippen LogP contribution >= 0.6 is 0 Å². The summed E-state index contributed by atoms with van der Waals surface area (Å²) in [6.45, 7) is 6.44. The molecule has 382 valence electrons. The van der Waals surface area contributed by atoms with Gasteiger partial charge in [-0.15, -0.1) is 0 Å². The molecule has 0 bridgehead atoms. The van der Waals surface area contributed by atoms with Gasteiger partial charge in [-0.1, -0.05) is 214 Å². The lowest BCUT2D eigenvalue weighted by Gasteiger charge is -2.18. The van der Waals surface area contributed by atoms with Gasteiger partial charge < -0.3 is 14.2 Å². The van der Waals surface area contributed by atoms with E-state index in [0.29, 0.717) is 19.3 Å². The monoisotopic (exact) mass is 931 g/mol. The van der Waals surface area contributed by atoms with E-state index in [2.05, 4.69) is 118 Å². The van der Waals surface area contributed by atoms with Crippen molar-refractivity contribution in [3.8, 4) is 0 Å². The van der Waals surface area contributed by atoms with Gasteiger partial charge in [0, 0.05) is 19.3 Å². The molecule has 0 aliphatic rings. The molecule has 0 heterocycles. The summed E-state index contributed by atoms with van der Waals surface area (Å²) in [5, 5.41) is 0. The van der Waals surface area contributed by atoms with E-state index in [-0.39, 0.29) is 31.1 Å². The van der Waals surface area contributed by atoms with E-state index in [4.69, 9.17) is 14.2 Å². The van der Waals surface area contributed by atoms with Crippen LogP contribution in [0.5, 0.6) is 0 Å². The molecule has 0 radical (unpaired) electrons. The zero-order chi connectivity index (χ0) is 48.6. The summed E-state index contributed by atoms with van der Waals surface area (Å²) >= 11 is 0. The molecule has 0 aromatic heterocycles. The van der Waals surface area contributed by atoms with E-state index in [1.54, 1.807) is 0 Å². The molecule has 0 saturated heterocycles. The van der Waals surface area contributed by atoms with Crippen molar-refractivity contribution >= 4 is 17.9 Å². The minimum Gasteiger partial charge on any atom is -0.462 e. The van der Waals surface area contributed by atoms with Crippen LogP contribution in [0.15, 0.2) is 97.2 Å². The highest BCUT2D eigenvalue weighted by Crippen LogP contribution is 2.14. The Balaban J connectivity index is 4.48. The van der Waals surface area contributed by atoms with Gasteiger partial charge in [0.2, 0.25) is 0 Å². The van der Waals surface area contributed by atoms with E-state index in [1.807, 2.05) is 0 Å². The summed E-state index contributed by atoms with van der Waals surface area (Å²) in [5.74, 6) is -0.953. The van der Waals surface area contributed by atoms with Gasteiger partial charge in [0.1, 0.15) is 13.2 Å². The van der Waals surface area contributed by atoms with Gasteiger partial charge in [-0.2, -0.15) is 0 Å². The SMILES string of the molecule is CC/C=C\C/C=C\C/C=C\C/C=C\C/C=C\CCCCCC(=O)OCC(COC(=O)CCCCCCC/C=C\C/C=C\CCCC)OC(=O)CCCCCCC/C=C\CCCCCCCCC. The number of hydrogen-bond acceptors (Lipinski definition) is 6. The second-order valence-corrected chi connectivity index (χ2v) is 18.1. The molecule has 0 saturated carbocycles. The van der Waals surface area contributed by atoms with E-state index in [9.17, 15) is 14.4 Å². The quantitative estimate of drug-likeness (QED) is 0.0262. The molecule has 0 N–H and O–H groups in total. The number of rotatable bonds is 49. The minimum atomic E-state index is -0.802. The lowest BCUT2D eigenvalue weighted by Crippen LogP contribution is -2.30. The Morgan fingerprint density at radius 3 is 0.985 bits per heavy atom. The first-order valence-electron chi connectivity index (χ1n) is 27.7. The fourth-order valence-electron chi connectivity index (χ4n) is 7.36. The molecular formula is C61H102O6. The van der Waals surface area contributed by atoms with Crippen molar-refractivity contribution < 1.29 is 28.6 Å². The maximum absolute atomic E-state index is 12.8. The Kier molecular flexibility index (Phi) is 51.9. The normalized spacial score (nSPS) is 12.8. The molecule has 6 nitrogen and oxygen atoms in total. The summed E-state index contributed by atoms with van der Waals surface area (Å²) in [6.07, 6.45) is 72.5. The van der Waals surface area contributed by atoms with Crippen molar-refractivity contribution in [1.82, 2.24) is 0 Å². The van der Waals surface area contributed by atoms with E-state index in [0.717, 1.165) is 135 Å². The van der Waals surface area contributed by atoms with E-state index in [1.165, 1.54) is 77.0 Å². The fourth-order valence-corrected chi connectivity index (χ4v) is 7.36. The predicted molar refractivity (Wildman–Crippen MR) is 288 cm³/mol.